The molecule has 0 radical (unpaired) electrons. The molecule has 0 bridgehead atoms. The number of alkyl halides is 2. The van der Waals surface area contributed by atoms with Crippen molar-refractivity contribution in [3.8, 4) is 5.75 Å². The summed E-state index contributed by atoms with van der Waals surface area (Å²) in [7, 11) is 1.23. The number of nitrogens with two attached hydrogens (primary N) is 1. The third kappa shape index (κ3) is 2.71. The van der Waals surface area contributed by atoms with Crippen LogP contribution in [0.2, 0.25) is 0 Å². The molecule has 8 heteroatoms. The van der Waals surface area contributed by atoms with Crippen molar-refractivity contribution in [3.63, 3.8) is 0 Å². The summed E-state index contributed by atoms with van der Waals surface area (Å²) in [5.74, 6) is -3.61. The van der Waals surface area contributed by atoms with Gasteiger partial charge in [0.2, 0.25) is 0 Å². The summed E-state index contributed by atoms with van der Waals surface area (Å²) in [6, 6.07) is 1.46. The van der Waals surface area contributed by atoms with E-state index < -0.39 is 29.2 Å². The Bertz CT molecular complexity index is 454. The number of aliphatic hydroxyl groups excluding tert-OH is 1. The lowest BCUT2D eigenvalue weighted by molar-refractivity contribution is -0.385. The number of nitrogens with zero attached hydrogens (tertiary/aromatic N) is 1. The molecule has 0 aromatic heterocycles. The Morgan fingerprint density at radius 3 is 2.67 bits per heavy atom. The first-order valence-corrected chi connectivity index (χ1v) is 4.90. The second kappa shape index (κ2) is 5.23. The molecule has 0 aliphatic carbocycles. The summed E-state index contributed by atoms with van der Waals surface area (Å²) in [5, 5.41) is 19.2. The minimum absolute atomic E-state index is 0.0525. The first-order valence-electron chi connectivity index (χ1n) is 4.90. The van der Waals surface area contributed by atoms with E-state index in [0.29, 0.717) is 0 Å². The van der Waals surface area contributed by atoms with Crippen molar-refractivity contribution < 1.29 is 23.5 Å². The zero-order valence-electron chi connectivity index (χ0n) is 9.47. The molecule has 1 aromatic rings. The fourth-order valence-electron chi connectivity index (χ4n) is 1.39. The Kier molecular flexibility index (Phi) is 4.15. The molecule has 0 fully saturated rings. The molecule has 0 saturated carbocycles. The van der Waals surface area contributed by atoms with Crippen molar-refractivity contribution in [1.82, 2.24) is 0 Å². The van der Waals surface area contributed by atoms with Gasteiger partial charge in [0.1, 0.15) is 6.61 Å². The number of hydrogen-bond donors (Lipinski definition) is 2. The van der Waals surface area contributed by atoms with E-state index in [2.05, 4.69) is 0 Å². The maximum absolute atomic E-state index is 13.2. The van der Waals surface area contributed by atoms with Gasteiger partial charge in [0.25, 0.3) is 5.92 Å². The van der Waals surface area contributed by atoms with E-state index in [4.69, 9.17) is 15.6 Å². The minimum atomic E-state index is -3.55. The number of methoxy groups -OCH3 is 1. The lowest BCUT2D eigenvalue weighted by atomic mass is 10.0. The molecule has 0 aliphatic rings. The van der Waals surface area contributed by atoms with Gasteiger partial charge in [0, 0.05) is 6.07 Å². The van der Waals surface area contributed by atoms with Gasteiger partial charge in [-0.1, -0.05) is 6.07 Å². The van der Waals surface area contributed by atoms with Gasteiger partial charge in [-0.05, 0) is 11.6 Å². The number of aliphatic hydroxyl groups is 1. The molecule has 1 aromatic carbocycles. The van der Waals surface area contributed by atoms with Crippen LogP contribution < -0.4 is 10.5 Å². The molecule has 1 rings (SSSR count). The molecule has 6 nitrogen and oxygen atoms in total. The summed E-state index contributed by atoms with van der Waals surface area (Å²) < 4.78 is 31.1. The normalized spacial score (nSPS) is 13.2. The van der Waals surface area contributed by atoms with Crippen molar-refractivity contribution in [2.45, 2.75) is 12.0 Å². The van der Waals surface area contributed by atoms with Crippen LogP contribution in [0.5, 0.6) is 5.75 Å². The summed E-state index contributed by atoms with van der Waals surface area (Å²) in [4.78, 5) is 9.96. The van der Waals surface area contributed by atoms with Crippen molar-refractivity contribution >= 4 is 5.69 Å². The Morgan fingerprint density at radius 1 is 1.61 bits per heavy atom. The number of halogens is 2. The average Bonchev–Trinajstić information content (AvgIpc) is 2.36. The van der Waals surface area contributed by atoms with E-state index in [-0.39, 0.29) is 11.3 Å². The number of rotatable bonds is 5. The minimum Gasteiger partial charge on any atom is -0.490 e. The number of benzene rings is 1. The predicted octanol–water partition coefficient (Wildman–Crippen LogP) is 1.23. The Balaban J connectivity index is 3.20. The second-order valence-electron chi connectivity index (χ2n) is 3.59. The monoisotopic (exact) mass is 262 g/mol. The zero-order chi connectivity index (χ0) is 13.9. The van der Waals surface area contributed by atoms with Gasteiger partial charge in [0.15, 0.2) is 5.75 Å². The highest BCUT2D eigenvalue weighted by Gasteiger charge is 2.38. The van der Waals surface area contributed by atoms with E-state index in [1.807, 2.05) is 0 Å². The van der Waals surface area contributed by atoms with Crippen LogP contribution in [0.15, 0.2) is 18.2 Å². The van der Waals surface area contributed by atoms with Gasteiger partial charge in [-0.25, -0.2) is 8.78 Å². The van der Waals surface area contributed by atoms with Gasteiger partial charge in [-0.2, -0.15) is 0 Å². The first kappa shape index (κ1) is 14.3. The fourth-order valence-corrected chi connectivity index (χ4v) is 1.39. The highest BCUT2D eigenvalue weighted by atomic mass is 19.3. The number of nitro groups is 1. The van der Waals surface area contributed by atoms with Crippen LogP contribution in [0.25, 0.3) is 0 Å². The lowest BCUT2D eigenvalue weighted by Crippen LogP contribution is -2.36. The van der Waals surface area contributed by atoms with Crippen LogP contribution in [0.1, 0.15) is 11.6 Å². The molecular weight excluding hydrogens is 250 g/mol. The predicted molar refractivity (Wildman–Crippen MR) is 58.6 cm³/mol. The lowest BCUT2D eigenvalue weighted by Gasteiger charge is -2.21. The largest absolute Gasteiger partial charge is 0.490 e. The molecular formula is C10H12F2N2O4. The quantitative estimate of drug-likeness (QED) is 0.614. The number of ether oxygens (including phenoxy) is 1. The molecule has 0 aliphatic heterocycles. The Hall–Kier alpha value is -1.80. The molecule has 0 amide bonds. The van der Waals surface area contributed by atoms with Crippen LogP contribution >= 0.6 is 0 Å². The second-order valence-corrected chi connectivity index (χ2v) is 3.59. The summed E-state index contributed by atoms with van der Waals surface area (Å²) >= 11 is 0. The molecule has 1 atom stereocenters. The first-order chi connectivity index (χ1) is 8.33. The number of hydrogen-bond acceptors (Lipinski definition) is 5. The Morgan fingerprint density at radius 2 is 2.22 bits per heavy atom. The van der Waals surface area contributed by atoms with Gasteiger partial charge in [-0.15, -0.1) is 0 Å². The Labute approximate surface area is 101 Å². The summed E-state index contributed by atoms with van der Waals surface area (Å²) in [6.45, 7) is -1.44. The maximum Gasteiger partial charge on any atom is 0.311 e. The van der Waals surface area contributed by atoms with E-state index in [1.165, 1.54) is 19.2 Å². The molecule has 0 heterocycles. The van der Waals surface area contributed by atoms with Gasteiger partial charge < -0.3 is 15.6 Å². The van der Waals surface area contributed by atoms with Crippen LogP contribution in [-0.2, 0) is 0 Å². The van der Waals surface area contributed by atoms with Gasteiger partial charge in [-0.3, -0.25) is 10.1 Å². The molecule has 18 heavy (non-hydrogen) atoms. The van der Waals surface area contributed by atoms with E-state index in [9.17, 15) is 18.9 Å². The summed E-state index contributed by atoms with van der Waals surface area (Å²) in [5.41, 5.74) is 4.66. The number of nitro benzene ring substituents is 1. The van der Waals surface area contributed by atoms with Crippen LogP contribution in [-0.4, -0.2) is 29.7 Å². The zero-order valence-corrected chi connectivity index (χ0v) is 9.47. The van der Waals surface area contributed by atoms with Crippen molar-refractivity contribution in [3.05, 3.63) is 33.9 Å². The maximum atomic E-state index is 13.2. The molecule has 3 N–H and O–H groups in total. The third-order valence-electron chi connectivity index (χ3n) is 2.42. The van der Waals surface area contributed by atoms with E-state index in [0.717, 1.165) is 6.07 Å². The van der Waals surface area contributed by atoms with Crippen LogP contribution in [0, 0.1) is 10.1 Å². The van der Waals surface area contributed by atoms with Gasteiger partial charge in [0.05, 0.1) is 18.1 Å². The van der Waals surface area contributed by atoms with Crippen molar-refractivity contribution in [2.75, 3.05) is 13.7 Å². The highest BCUT2D eigenvalue weighted by molar-refractivity contribution is 5.49. The van der Waals surface area contributed by atoms with Crippen LogP contribution in [0.4, 0.5) is 14.5 Å². The standard InChI is InChI=1S/C10H12F2N2O4/c1-18-8-3-2-6(4-7(8)14(16)17)9(13)10(11,12)5-15/h2-4,9,15H,5,13H2,1H3/t9-/m0/s1. The third-order valence-corrected chi connectivity index (χ3v) is 2.42. The van der Waals surface area contributed by atoms with Crippen molar-refractivity contribution in [1.29, 1.82) is 0 Å². The molecule has 0 spiro atoms. The molecule has 0 saturated heterocycles. The smallest absolute Gasteiger partial charge is 0.311 e. The van der Waals surface area contributed by atoms with E-state index >= 15 is 0 Å². The van der Waals surface area contributed by atoms with Crippen molar-refractivity contribution in [2.24, 2.45) is 5.73 Å². The SMILES string of the molecule is COc1ccc([C@H](N)C(F)(F)CO)cc1[N+](=O)[O-]. The van der Waals surface area contributed by atoms with Crippen LogP contribution in [0.3, 0.4) is 0 Å². The average molecular weight is 262 g/mol. The highest BCUT2D eigenvalue weighted by Crippen LogP contribution is 2.34. The topological polar surface area (TPSA) is 98.6 Å². The van der Waals surface area contributed by atoms with E-state index in [1.54, 1.807) is 0 Å². The molecule has 100 valence electrons. The summed E-state index contributed by atoms with van der Waals surface area (Å²) in [6.07, 6.45) is 0. The molecule has 0 unspecified atom stereocenters. The fraction of sp³-hybridized carbons (Fsp3) is 0.400. The van der Waals surface area contributed by atoms with Gasteiger partial charge >= 0.3 is 5.69 Å².